The largest absolute Gasteiger partial charge is 0.451 e. The van der Waals surface area contributed by atoms with Crippen molar-refractivity contribution in [2.45, 2.75) is 26.4 Å². The van der Waals surface area contributed by atoms with Crippen molar-refractivity contribution < 1.29 is 18.7 Å². The molecule has 0 fully saturated rings. The van der Waals surface area contributed by atoms with E-state index in [4.69, 9.17) is 13.9 Å². The highest BCUT2D eigenvalue weighted by atomic mass is 16.5. The highest BCUT2D eigenvalue weighted by molar-refractivity contribution is 5.78. The van der Waals surface area contributed by atoms with Crippen molar-refractivity contribution >= 4 is 5.91 Å². The number of rotatable bonds is 7. The summed E-state index contributed by atoms with van der Waals surface area (Å²) in [4.78, 5) is 18.3. The standard InChI is InChI=1S/C16H22N4O4/c1-3-23-10-15(21)19-5-4-14-12(8-19)16(13-9-24-11-17-13)18-20(14)6-7-22-2/h9,11H,3-8,10H2,1-2H3. The van der Waals surface area contributed by atoms with Crippen LogP contribution in [0.15, 0.2) is 17.1 Å². The van der Waals surface area contributed by atoms with Crippen LogP contribution in [0.5, 0.6) is 0 Å². The molecule has 8 heteroatoms. The van der Waals surface area contributed by atoms with Gasteiger partial charge in [0.25, 0.3) is 0 Å². The number of hydrogen-bond acceptors (Lipinski definition) is 6. The molecule has 3 heterocycles. The summed E-state index contributed by atoms with van der Waals surface area (Å²) >= 11 is 0. The number of nitrogens with zero attached hydrogens (tertiary/aromatic N) is 4. The maximum absolute atomic E-state index is 12.3. The second kappa shape index (κ2) is 7.59. The molecule has 8 nitrogen and oxygen atoms in total. The van der Waals surface area contributed by atoms with Crippen molar-refractivity contribution in [1.29, 1.82) is 0 Å². The summed E-state index contributed by atoms with van der Waals surface area (Å²) in [6.07, 6.45) is 3.71. The summed E-state index contributed by atoms with van der Waals surface area (Å²) in [7, 11) is 1.67. The lowest BCUT2D eigenvalue weighted by Gasteiger charge is -2.27. The van der Waals surface area contributed by atoms with Crippen molar-refractivity contribution in [1.82, 2.24) is 19.7 Å². The predicted octanol–water partition coefficient (Wildman–Crippen LogP) is 1.11. The number of aromatic nitrogens is 3. The van der Waals surface area contributed by atoms with Crippen LogP contribution in [-0.4, -0.2) is 59.0 Å². The molecule has 0 aromatic carbocycles. The first-order chi connectivity index (χ1) is 11.7. The first-order valence-electron chi connectivity index (χ1n) is 8.06. The minimum Gasteiger partial charge on any atom is -0.451 e. The molecule has 0 bridgehead atoms. The van der Waals surface area contributed by atoms with Gasteiger partial charge in [-0.2, -0.15) is 5.10 Å². The second-order valence-corrected chi connectivity index (χ2v) is 5.57. The Morgan fingerprint density at radius 1 is 1.46 bits per heavy atom. The average molecular weight is 334 g/mol. The van der Waals surface area contributed by atoms with E-state index in [-0.39, 0.29) is 12.5 Å². The molecule has 1 aliphatic heterocycles. The minimum atomic E-state index is -0.00163. The molecule has 1 amide bonds. The van der Waals surface area contributed by atoms with E-state index < -0.39 is 0 Å². The second-order valence-electron chi connectivity index (χ2n) is 5.57. The monoisotopic (exact) mass is 334 g/mol. The number of carbonyl (C=O) groups excluding carboxylic acids is 1. The molecular weight excluding hydrogens is 312 g/mol. The van der Waals surface area contributed by atoms with Gasteiger partial charge in [-0.05, 0) is 6.92 Å². The molecule has 0 saturated heterocycles. The van der Waals surface area contributed by atoms with E-state index in [1.54, 1.807) is 13.4 Å². The third-order valence-electron chi connectivity index (χ3n) is 4.10. The minimum absolute atomic E-state index is 0.00163. The third-order valence-corrected chi connectivity index (χ3v) is 4.10. The van der Waals surface area contributed by atoms with E-state index in [1.807, 2.05) is 16.5 Å². The molecular formula is C16H22N4O4. The van der Waals surface area contributed by atoms with E-state index >= 15 is 0 Å². The third kappa shape index (κ3) is 3.34. The van der Waals surface area contributed by atoms with Crippen molar-refractivity contribution in [2.75, 3.05) is 33.5 Å². The van der Waals surface area contributed by atoms with Gasteiger partial charge in [0.1, 0.15) is 24.3 Å². The molecule has 3 rings (SSSR count). The van der Waals surface area contributed by atoms with Crippen LogP contribution in [0.25, 0.3) is 11.4 Å². The fourth-order valence-corrected chi connectivity index (χ4v) is 2.88. The van der Waals surface area contributed by atoms with Crippen LogP contribution in [-0.2, 0) is 33.8 Å². The molecule has 0 atom stereocenters. The maximum Gasteiger partial charge on any atom is 0.248 e. The first kappa shape index (κ1) is 16.7. The number of methoxy groups -OCH3 is 1. The Kier molecular flexibility index (Phi) is 5.27. The number of ether oxygens (including phenoxy) is 2. The highest BCUT2D eigenvalue weighted by Gasteiger charge is 2.28. The molecule has 0 unspecified atom stereocenters. The summed E-state index contributed by atoms with van der Waals surface area (Å²) in [5, 5.41) is 4.67. The lowest BCUT2D eigenvalue weighted by molar-refractivity contribution is -0.136. The zero-order valence-corrected chi connectivity index (χ0v) is 14.0. The summed E-state index contributed by atoms with van der Waals surface area (Å²) in [6.45, 7) is 4.95. The van der Waals surface area contributed by atoms with Crippen molar-refractivity contribution in [3.8, 4) is 11.4 Å². The molecule has 0 aliphatic carbocycles. The van der Waals surface area contributed by atoms with Gasteiger partial charge in [-0.3, -0.25) is 9.48 Å². The van der Waals surface area contributed by atoms with Crippen molar-refractivity contribution in [3.63, 3.8) is 0 Å². The molecule has 24 heavy (non-hydrogen) atoms. The molecule has 0 saturated carbocycles. The molecule has 2 aromatic rings. The van der Waals surface area contributed by atoms with Crippen LogP contribution in [0, 0.1) is 0 Å². The molecule has 130 valence electrons. The Labute approximate surface area is 140 Å². The summed E-state index contributed by atoms with van der Waals surface area (Å²) in [5.41, 5.74) is 3.60. The number of hydrogen-bond donors (Lipinski definition) is 0. The smallest absolute Gasteiger partial charge is 0.248 e. The summed E-state index contributed by atoms with van der Waals surface area (Å²) < 4.78 is 17.4. The average Bonchev–Trinajstić information content (AvgIpc) is 3.25. The van der Waals surface area contributed by atoms with Gasteiger partial charge in [0.2, 0.25) is 5.91 Å². The highest BCUT2D eigenvalue weighted by Crippen LogP contribution is 2.29. The lowest BCUT2D eigenvalue weighted by Crippen LogP contribution is -2.38. The van der Waals surface area contributed by atoms with E-state index in [0.717, 1.165) is 23.4 Å². The Morgan fingerprint density at radius 2 is 2.33 bits per heavy atom. The van der Waals surface area contributed by atoms with E-state index in [0.29, 0.717) is 38.5 Å². The molecule has 0 N–H and O–H groups in total. The van der Waals surface area contributed by atoms with Gasteiger partial charge in [-0.1, -0.05) is 0 Å². The van der Waals surface area contributed by atoms with Crippen LogP contribution >= 0.6 is 0 Å². The van der Waals surface area contributed by atoms with Crippen molar-refractivity contribution in [3.05, 3.63) is 23.9 Å². The maximum atomic E-state index is 12.3. The molecule has 2 aromatic heterocycles. The zero-order valence-electron chi connectivity index (χ0n) is 14.0. The zero-order chi connectivity index (χ0) is 16.9. The SMILES string of the molecule is CCOCC(=O)N1CCc2c(c(-c3cocn3)nn2CCOC)C1. The number of carbonyl (C=O) groups is 1. The van der Waals surface area contributed by atoms with Crippen LogP contribution in [0.2, 0.25) is 0 Å². The van der Waals surface area contributed by atoms with Crippen molar-refractivity contribution in [2.24, 2.45) is 0 Å². The number of amides is 1. The van der Waals surface area contributed by atoms with E-state index in [2.05, 4.69) is 10.1 Å². The summed E-state index contributed by atoms with van der Waals surface area (Å²) in [6, 6.07) is 0. The Balaban J connectivity index is 1.87. The molecule has 1 aliphatic rings. The van der Waals surface area contributed by atoms with Gasteiger partial charge in [-0.25, -0.2) is 4.98 Å². The van der Waals surface area contributed by atoms with Gasteiger partial charge in [0.15, 0.2) is 6.39 Å². The first-order valence-corrected chi connectivity index (χ1v) is 8.06. The van der Waals surface area contributed by atoms with Crippen LogP contribution in [0.1, 0.15) is 18.2 Å². The van der Waals surface area contributed by atoms with Gasteiger partial charge in [0.05, 0.1) is 13.2 Å². The van der Waals surface area contributed by atoms with E-state index in [9.17, 15) is 4.79 Å². The van der Waals surface area contributed by atoms with E-state index in [1.165, 1.54) is 6.39 Å². The topological polar surface area (TPSA) is 82.6 Å². The van der Waals surface area contributed by atoms with Gasteiger partial charge in [-0.15, -0.1) is 0 Å². The van der Waals surface area contributed by atoms with Crippen LogP contribution < -0.4 is 0 Å². The fraction of sp³-hybridized carbons (Fsp3) is 0.562. The predicted molar refractivity (Wildman–Crippen MR) is 85.2 cm³/mol. The molecule has 0 spiro atoms. The van der Waals surface area contributed by atoms with Gasteiger partial charge >= 0.3 is 0 Å². The van der Waals surface area contributed by atoms with Gasteiger partial charge < -0.3 is 18.8 Å². The van der Waals surface area contributed by atoms with Gasteiger partial charge in [0, 0.05) is 44.5 Å². The normalized spacial score (nSPS) is 14.0. The lowest BCUT2D eigenvalue weighted by atomic mass is 10.0. The Hall–Kier alpha value is -2.19. The van der Waals surface area contributed by atoms with Crippen LogP contribution in [0.3, 0.4) is 0 Å². The number of oxazole rings is 1. The summed E-state index contributed by atoms with van der Waals surface area (Å²) in [5.74, 6) is -0.00163. The number of fused-ring (bicyclic) bond motifs is 1. The fourth-order valence-electron chi connectivity index (χ4n) is 2.88. The Morgan fingerprint density at radius 3 is 3.04 bits per heavy atom. The van der Waals surface area contributed by atoms with Crippen LogP contribution in [0.4, 0.5) is 0 Å². The Bertz CT molecular complexity index is 681. The molecule has 0 radical (unpaired) electrons. The quantitative estimate of drug-likeness (QED) is 0.754.